The lowest BCUT2D eigenvalue weighted by Crippen LogP contribution is -2.30. The van der Waals surface area contributed by atoms with Crippen molar-refractivity contribution in [2.45, 2.75) is 58.4 Å². The van der Waals surface area contributed by atoms with Gasteiger partial charge in [0, 0.05) is 5.56 Å². The van der Waals surface area contributed by atoms with Gasteiger partial charge in [-0.25, -0.2) is 4.79 Å². The molecule has 0 aliphatic carbocycles. The molecule has 1 aliphatic heterocycles. The van der Waals surface area contributed by atoms with E-state index in [1.165, 1.54) is 6.07 Å². The number of hydrogen-bond donors (Lipinski definition) is 0. The van der Waals surface area contributed by atoms with E-state index >= 15 is 0 Å². The first kappa shape index (κ1) is 23.1. The Balaban J connectivity index is 2.32. The molecule has 0 N–H and O–H groups in total. The number of carbonyl (C=O) groups excluding carboxylic acids is 1. The summed E-state index contributed by atoms with van der Waals surface area (Å²) < 4.78 is 58.6. The van der Waals surface area contributed by atoms with Crippen LogP contribution in [-0.2, 0) is 26.9 Å². The van der Waals surface area contributed by atoms with Gasteiger partial charge in [0.05, 0.1) is 24.9 Å². The Kier molecular flexibility index (Phi) is 6.37. The number of carbonyl (C=O) groups is 1. The van der Waals surface area contributed by atoms with Crippen LogP contribution in [0.2, 0.25) is 0 Å². The molecule has 1 aliphatic rings. The summed E-state index contributed by atoms with van der Waals surface area (Å²) in [4.78, 5) is 12.7. The molecule has 3 rings (SSSR count). The number of fused-ring (bicyclic) bond motifs is 1. The number of rotatable bonds is 4. The van der Waals surface area contributed by atoms with Crippen molar-refractivity contribution in [2.75, 3.05) is 13.7 Å². The first-order valence-electron chi connectivity index (χ1n) is 10.1. The van der Waals surface area contributed by atoms with Gasteiger partial charge in [-0.2, -0.15) is 13.2 Å². The van der Waals surface area contributed by atoms with Crippen molar-refractivity contribution < 1.29 is 32.2 Å². The highest BCUT2D eigenvalue weighted by Crippen LogP contribution is 2.44. The summed E-state index contributed by atoms with van der Waals surface area (Å²) in [5.41, 5.74) is 0.403. The number of alkyl halides is 3. The van der Waals surface area contributed by atoms with Gasteiger partial charge in [0.15, 0.2) is 6.10 Å². The van der Waals surface area contributed by atoms with Gasteiger partial charge in [-0.15, -0.1) is 0 Å². The zero-order valence-corrected chi connectivity index (χ0v) is 18.4. The number of methoxy groups -OCH3 is 1. The molecule has 0 fully saturated rings. The number of hydrogen-bond acceptors (Lipinski definition) is 4. The lowest BCUT2D eigenvalue weighted by Gasteiger charge is -2.30. The summed E-state index contributed by atoms with van der Waals surface area (Å²) in [5.74, 6) is -0.148. The molecule has 2 aromatic rings. The highest BCUT2D eigenvalue weighted by Gasteiger charge is 2.41. The molecule has 0 saturated heterocycles. The molecule has 0 saturated carbocycles. The summed E-state index contributed by atoms with van der Waals surface area (Å²) in [6.07, 6.45) is -4.61. The molecule has 1 atom stereocenters. The van der Waals surface area contributed by atoms with Crippen LogP contribution in [0.4, 0.5) is 13.2 Å². The fourth-order valence-corrected chi connectivity index (χ4v) is 3.83. The van der Waals surface area contributed by atoms with Crippen molar-refractivity contribution >= 4 is 5.97 Å². The van der Waals surface area contributed by atoms with Crippen molar-refractivity contribution in [1.82, 2.24) is 0 Å². The van der Waals surface area contributed by atoms with E-state index in [0.717, 1.165) is 37.3 Å². The van der Waals surface area contributed by atoms with Gasteiger partial charge in [0.1, 0.15) is 5.75 Å². The maximum atomic E-state index is 14.1. The standard InChI is InChI=1S/C24H27F3O4/c1-14-8-10-17(24(25,26)27)20(21(22(28)29-5)31-23(2,3)4)19(14)16-9-11-18-15(13-16)7-6-12-30-18/h8-11,13,21H,6-7,12H2,1-5H3. The van der Waals surface area contributed by atoms with E-state index in [1.54, 1.807) is 39.8 Å². The lowest BCUT2D eigenvalue weighted by atomic mass is 9.86. The maximum Gasteiger partial charge on any atom is 0.416 e. The van der Waals surface area contributed by atoms with Crippen LogP contribution >= 0.6 is 0 Å². The molecule has 0 radical (unpaired) electrons. The van der Waals surface area contributed by atoms with Crippen molar-refractivity contribution in [3.63, 3.8) is 0 Å². The minimum atomic E-state index is -4.68. The number of halogens is 3. The van der Waals surface area contributed by atoms with Crippen molar-refractivity contribution in [3.05, 3.63) is 52.6 Å². The SMILES string of the molecule is COC(=O)C(OC(C)(C)C)c1c(C(F)(F)F)ccc(C)c1-c1ccc2c(c1)CCCO2. The largest absolute Gasteiger partial charge is 0.493 e. The third kappa shape index (κ3) is 5.03. The molecule has 0 bridgehead atoms. The average molecular weight is 436 g/mol. The Morgan fingerprint density at radius 1 is 1.13 bits per heavy atom. The van der Waals surface area contributed by atoms with Gasteiger partial charge in [0.2, 0.25) is 0 Å². The van der Waals surface area contributed by atoms with Crippen LogP contribution in [0.1, 0.15) is 55.5 Å². The molecule has 1 heterocycles. The summed E-state index contributed by atoms with van der Waals surface area (Å²) in [6.45, 7) is 7.39. The fraction of sp³-hybridized carbons (Fsp3) is 0.458. The summed E-state index contributed by atoms with van der Waals surface area (Å²) >= 11 is 0. The number of ether oxygens (including phenoxy) is 3. The van der Waals surface area contributed by atoms with Gasteiger partial charge in [-0.3, -0.25) is 0 Å². The minimum Gasteiger partial charge on any atom is -0.493 e. The van der Waals surface area contributed by atoms with Crippen LogP contribution in [0.15, 0.2) is 30.3 Å². The van der Waals surface area contributed by atoms with Crippen LogP contribution in [0, 0.1) is 6.92 Å². The van der Waals surface area contributed by atoms with E-state index in [0.29, 0.717) is 23.3 Å². The quantitative estimate of drug-likeness (QED) is 0.549. The molecule has 4 nitrogen and oxygen atoms in total. The normalized spacial score (nSPS) is 15.1. The zero-order valence-electron chi connectivity index (χ0n) is 18.4. The molecule has 31 heavy (non-hydrogen) atoms. The van der Waals surface area contributed by atoms with Gasteiger partial charge in [0.25, 0.3) is 0 Å². The predicted molar refractivity (Wildman–Crippen MR) is 111 cm³/mol. The third-order valence-corrected chi connectivity index (χ3v) is 5.11. The molecule has 1 unspecified atom stereocenters. The van der Waals surface area contributed by atoms with E-state index in [4.69, 9.17) is 14.2 Å². The highest BCUT2D eigenvalue weighted by molar-refractivity contribution is 5.84. The summed E-state index contributed by atoms with van der Waals surface area (Å²) in [7, 11) is 1.14. The van der Waals surface area contributed by atoms with Gasteiger partial charge in [-0.1, -0.05) is 12.1 Å². The van der Waals surface area contributed by atoms with Crippen LogP contribution < -0.4 is 4.74 Å². The molecular formula is C24H27F3O4. The Labute approximate surface area is 180 Å². The zero-order chi connectivity index (χ0) is 23.0. The minimum absolute atomic E-state index is 0.231. The molecule has 0 spiro atoms. The van der Waals surface area contributed by atoms with E-state index in [2.05, 4.69) is 0 Å². The molecule has 2 aromatic carbocycles. The Hall–Kier alpha value is -2.54. The average Bonchev–Trinajstić information content (AvgIpc) is 2.69. The van der Waals surface area contributed by atoms with Crippen molar-refractivity contribution in [3.8, 4) is 16.9 Å². The monoisotopic (exact) mass is 436 g/mol. The van der Waals surface area contributed by atoms with Crippen LogP contribution in [-0.4, -0.2) is 25.3 Å². The number of esters is 1. The topological polar surface area (TPSA) is 44.8 Å². The van der Waals surface area contributed by atoms with Gasteiger partial charge in [-0.05, 0) is 81.0 Å². The van der Waals surface area contributed by atoms with Crippen LogP contribution in [0.5, 0.6) is 5.75 Å². The third-order valence-electron chi connectivity index (χ3n) is 5.11. The summed E-state index contributed by atoms with van der Waals surface area (Å²) in [6, 6.07) is 7.75. The molecule has 0 aromatic heterocycles. The van der Waals surface area contributed by atoms with Gasteiger partial charge < -0.3 is 14.2 Å². The Morgan fingerprint density at radius 2 is 1.84 bits per heavy atom. The second-order valence-corrected chi connectivity index (χ2v) is 8.62. The first-order valence-corrected chi connectivity index (χ1v) is 10.1. The number of aryl methyl sites for hydroxylation is 2. The smallest absolute Gasteiger partial charge is 0.416 e. The van der Waals surface area contributed by atoms with Gasteiger partial charge >= 0.3 is 12.1 Å². The lowest BCUT2D eigenvalue weighted by molar-refractivity contribution is -0.166. The second-order valence-electron chi connectivity index (χ2n) is 8.62. The Bertz CT molecular complexity index is 974. The molecule has 168 valence electrons. The molecule has 0 amide bonds. The maximum absolute atomic E-state index is 14.1. The highest BCUT2D eigenvalue weighted by atomic mass is 19.4. The first-order chi connectivity index (χ1) is 14.4. The van der Waals surface area contributed by atoms with E-state index in [1.807, 2.05) is 6.07 Å². The van der Waals surface area contributed by atoms with Crippen molar-refractivity contribution in [2.24, 2.45) is 0 Å². The van der Waals surface area contributed by atoms with Crippen molar-refractivity contribution in [1.29, 1.82) is 0 Å². The molecule has 7 heteroatoms. The van der Waals surface area contributed by atoms with Crippen LogP contribution in [0.3, 0.4) is 0 Å². The van der Waals surface area contributed by atoms with E-state index < -0.39 is 29.4 Å². The Morgan fingerprint density at radius 3 is 2.45 bits per heavy atom. The molecular weight excluding hydrogens is 409 g/mol. The second kappa shape index (κ2) is 8.54. The summed E-state index contributed by atoms with van der Waals surface area (Å²) in [5, 5.41) is 0. The van der Waals surface area contributed by atoms with E-state index in [-0.39, 0.29) is 5.56 Å². The van der Waals surface area contributed by atoms with Crippen LogP contribution in [0.25, 0.3) is 11.1 Å². The fourth-order valence-electron chi connectivity index (χ4n) is 3.83. The number of benzene rings is 2. The van der Waals surface area contributed by atoms with E-state index in [9.17, 15) is 18.0 Å². The predicted octanol–water partition coefficient (Wildman–Crippen LogP) is 6.04.